The van der Waals surface area contributed by atoms with Crippen molar-refractivity contribution in [2.24, 2.45) is 0 Å². The van der Waals surface area contributed by atoms with Crippen molar-refractivity contribution in [1.29, 1.82) is 0 Å². The second kappa shape index (κ2) is 4.57. The van der Waals surface area contributed by atoms with Gasteiger partial charge in [0.2, 0.25) is 0 Å². The molecule has 0 fully saturated rings. The van der Waals surface area contributed by atoms with E-state index in [1.54, 1.807) is 0 Å². The molecule has 0 bridgehead atoms. The molecular weight excluding hydrogens is 212 g/mol. The summed E-state index contributed by atoms with van der Waals surface area (Å²) in [6.45, 7) is 6.29. The van der Waals surface area contributed by atoms with E-state index in [9.17, 15) is 0 Å². The molecule has 4 nitrogen and oxygen atoms in total. The van der Waals surface area contributed by atoms with Gasteiger partial charge in [0, 0.05) is 12.7 Å². The van der Waals surface area contributed by atoms with E-state index < -0.39 is 0 Å². The highest BCUT2D eigenvalue weighted by atomic mass is 15.3. The van der Waals surface area contributed by atoms with Gasteiger partial charge < -0.3 is 5.32 Å². The summed E-state index contributed by atoms with van der Waals surface area (Å²) < 4.78 is 1.91. The Morgan fingerprint density at radius 1 is 1.29 bits per heavy atom. The molecule has 0 spiro atoms. The first-order valence-electron chi connectivity index (χ1n) is 5.87. The molecule has 0 aliphatic heterocycles. The average Bonchev–Trinajstić information content (AvgIpc) is 2.64. The number of anilines is 1. The Morgan fingerprint density at radius 2 is 2.06 bits per heavy atom. The van der Waals surface area contributed by atoms with Crippen LogP contribution in [0.1, 0.15) is 23.9 Å². The zero-order chi connectivity index (χ0) is 12.4. The predicted octanol–water partition coefficient (Wildman–Crippen LogP) is 2.49. The number of hydrogen-bond donors (Lipinski definition) is 1. The summed E-state index contributed by atoms with van der Waals surface area (Å²) >= 11 is 0. The van der Waals surface area contributed by atoms with Crippen molar-refractivity contribution in [3.63, 3.8) is 0 Å². The first kappa shape index (κ1) is 11.6. The molecule has 0 saturated carbocycles. The van der Waals surface area contributed by atoms with Gasteiger partial charge in [0.25, 0.3) is 0 Å². The van der Waals surface area contributed by atoms with Crippen LogP contribution in [0.2, 0.25) is 0 Å². The van der Waals surface area contributed by atoms with Crippen molar-refractivity contribution in [3.8, 4) is 5.82 Å². The highest BCUT2D eigenvalue weighted by Crippen LogP contribution is 2.17. The molecule has 0 unspecified atom stereocenters. The van der Waals surface area contributed by atoms with Crippen molar-refractivity contribution in [3.05, 3.63) is 35.2 Å². The predicted molar refractivity (Wildman–Crippen MR) is 69.8 cm³/mol. The van der Waals surface area contributed by atoms with Crippen LogP contribution in [0.4, 0.5) is 5.82 Å². The Morgan fingerprint density at radius 3 is 2.65 bits per heavy atom. The maximum absolute atomic E-state index is 4.55. The first-order valence-corrected chi connectivity index (χ1v) is 5.87. The summed E-state index contributed by atoms with van der Waals surface area (Å²) in [7, 11) is 1.87. The molecule has 0 saturated heterocycles. The monoisotopic (exact) mass is 230 g/mol. The zero-order valence-corrected chi connectivity index (χ0v) is 10.8. The van der Waals surface area contributed by atoms with Gasteiger partial charge in [-0.15, -0.1) is 0 Å². The number of hydrogen-bond acceptors (Lipinski definition) is 3. The molecule has 0 radical (unpaired) electrons. The molecule has 2 heterocycles. The molecule has 2 rings (SSSR count). The second-order valence-corrected chi connectivity index (χ2v) is 4.05. The SMILES string of the molecule is CCc1c(C)nn(-c2cccc(NC)n2)c1C. The lowest BCUT2D eigenvalue weighted by Gasteiger charge is -2.06. The van der Waals surface area contributed by atoms with Crippen molar-refractivity contribution >= 4 is 5.82 Å². The fourth-order valence-corrected chi connectivity index (χ4v) is 2.09. The van der Waals surface area contributed by atoms with Crippen LogP contribution in [0.3, 0.4) is 0 Å². The van der Waals surface area contributed by atoms with E-state index >= 15 is 0 Å². The van der Waals surface area contributed by atoms with E-state index in [0.29, 0.717) is 0 Å². The summed E-state index contributed by atoms with van der Waals surface area (Å²) in [5.74, 6) is 1.71. The molecule has 0 aliphatic rings. The fourth-order valence-electron chi connectivity index (χ4n) is 2.09. The molecule has 17 heavy (non-hydrogen) atoms. The van der Waals surface area contributed by atoms with Crippen LogP contribution in [0.15, 0.2) is 18.2 Å². The van der Waals surface area contributed by atoms with Crippen molar-refractivity contribution in [1.82, 2.24) is 14.8 Å². The number of nitrogens with one attached hydrogen (secondary N) is 1. The van der Waals surface area contributed by atoms with Crippen LogP contribution in [0.5, 0.6) is 0 Å². The van der Waals surface area contributed by atoms with E-state index in [1.165, 1.54) is 11.3 Å². The third kappa shape index (κ3) is 2.02. The Labute approximate surface area is 102 Å². The highest BCUT2D eigenvalue weighted by molar-refractivity contribution is 5.40. The van der Waals surface area contributed by atoms with Crippen LogP contribution >= 0.6 is 0 Å². The number of aryl methyl sites for hydroxylation is 1. The van der Waals surface area contributed by atoms with Gasteiger partial charge in [-0.1, -0.05) is 13.0 Å². The van der Waals surface area contributed by atoms with Crippen LogP contribution in [-0.2, 0) is 6.42 Å². The molecule has 1 N–H and O–H groups in total. The second-order valence-electron chi connectivity index (χ2n) is 4.05. The Hall–Kier alpha value is -1.84. The van der Waals surface area contributed by atoms with Crippen LogP contribution < -0.4 is 5.32 Å². The van der Waals surface area contributed by atoms with E-state index in [4.69, 9.17) is 0 Å². The lowest BCUT2D eigenvalue weighted by molar-refractivity contribution is 0.806. The van der Waals surface area contributed by atoms with Gasteiger partial charge in [-0.25, -0.2) is 9.67 Å². The Bertz CT molecular complexity index is 528. The quantitative estimate of drug-likeness (QED) is 0.881. The summed E-state index contributed by atoms with van der Waals surface area (Å²) in [5, 5.41) is 7.59. The standard InChI is InChI=1S/C13H18N4/c1-5-11-9(2)16-17(10(11)3)13-8-6-7-12(14-4)15-13/h6-8H,5H2,1-4H3,(H,14,15). The molecule has 0 amide bonds. The van der Waals surface area contributed by atoms with Crippen molar-refractivity contribution in [2.45, 2.75) is 27.2 Å². The fraction of sp³-hybridized carbons (Fsp3) is 0.385. The van der Waals surface area contributed by atoms with Crippen LogP contribution in [0.25, 0.3) is 5.82 Å². The lowest BCUT2D eigenvalue weighted by Crippen LogP contribution is -2.04. The number of nitrogens with zero attached hydrogens (tertiary/aromatic N) is 3. The zero-order valence-electron chi connectivity index (χ0n) is 10.8. The average molecular weight is 230 g/mol. The van der Waals surface area contributed by atoms with E-state index in [2.05, 4.69) is 29.2 Å². The summed E-state index contributed by atoms with van der Waals surface area (Å²) in [4.78, 5) is 4.50. The van der Waals surface area contributed by atoms with Gasteiger partial charge in [0.1, 0.15) is 5.82 Å². The van der Waals surface area contributed by atoms with Gasteiger partial charge in [-0.05, 0) is 38.0 Å². The van der Waals surface area contributed by atoms with Crippen LogP contribution in [0, 0.1) is 13.8 Å². The van der Waals surface area contributed by atoms with Gasteiger partial charge in [-0.2, -0.15) is 5.10 Å². The Kier molecular flexibility index (Phi) is 3.13. The smallest absolute Gasteiger partial charge is 0.156 e. The molecule has 4 heteroatoms. The maximum atomic E-state index is 4.55. The molecule has 90 valence electrons. The summed E-state index contributed by atoms with van der Waals surface area (Å²) in [6.07, 6.45) is 1.00. The number of pyridine rings is 1. The number of aromatic nitrogens is 3. The summed E-state index contributed by atoms with van der Waals surface area (Å²) in [5.41, 5.74) is 3.56. The molecule has 2 aromatic rings. The van der Waals surface area contributed by atoms with Crippen molar-refractivity contribution < 1.29 is 0 Å². The maximum Gasteiger partial charge on any atom is 0.156 e. The largest absolute Gasteiger partial charge is 0.373 e. The minimum atomic E-state index is 0.855. The molecular formula is C13H18N4. The van der Waals surface area contributed by atoms with Gasteiger partial charge in [-0.3, -0.25) is 0 Å². The normalized spacial score (nSPS) is 10.6. The lowest BCUT2D eigenvalue weighted by atomic mass is 10.1. The third-order valence-electron chi connectivity index (χ3n) is 3.00. The van der Waals surface area contributed by atoms with Crippen LogP contribution in [-0.4, -0.2) is 21.8 Å². The molecule has 2 aromatic heterocycles. The molecule has 0 aromatic carbocycles. The highest BCUT2D eigenvalue weighted by Gasteiger charge is 2.11. The van der Waals surface area contributed by atoms with E-state index in [0.717, 1.165) is 23.8 Å². The number of rotatable bonds is 3. The third-order valence-corrected chi connectivity index (χ3v) is 3.00. The van der Waals surface area contributed by atoms with E-state index in [1.807, 2.05) is 36.9 Å². The minimum Gasteiger partial charge on any atom is -0.373 e. The molecule has 0 aliphatic carbocycles. The van der Waals surface area contributed by atoms with Gasteiger partial charge >= 0.3 is 0 Å². The van der Waals surface area contributed by atoms with E-state index in [-0.39, 0.29) is 0 Å². The topological polar surface area (TPSA) is 42.7 Å². The Balaban J connectivity index is 2.52. The summed E-state index contributed by atoms with van der Waals surface area (Å²) in [6, 6.07) is 5.89. The van der Waals surface area contributed by atoms with Gasteiger partial charge in [0.15, 0.2) is 5.82 Å². The first-order chi connectivity index (χ1) is 8.17. The van der Waals surface area contributed by atoms with Gasteiger partial charge in [0.05, 0.1) is 5.69 Å². The molecule has 0 atom stereocenters. The van der Waals surface area contributed by atoms with Crippen molar-refractivity contribution in [2.75, 3.05) is 12.4 Å². The minimum absolute atomic E-state index is 0.855.